The van der Waals surface area contributed by atoms with Gasteiger partial charge in [0, 0.05) is 18.2 Å². The van der Waals surface area contributed by atoms with E-state index in [1.165, 1.54) is 12.1 Å². The van der Waals surface area contributed by atoms with Crippen LogP contribution in [0.4, 0.5) is 4.39 Å². The average Bonchev–Trinajstić information content (AvgIpc) is 2.75. The van der Waals surface area contributed by atoms with E-state index in [4.69, 9.17) is 0 Å². The Labute approximate surface area is 107 Å². The van der Waals surface area contributed by atoms with E-state index in [-0.39, 0.29) is 11.9 Å². The Balaban J connectivity index is 2.44. The molecule has 96 valence electrons. The van der Waals surface area contributed by atoms with Gasteiger partial charge in [-0.2, -0.15) is 5.10 Å². The average molecular weight is 247 g/mol. The monoisotopic (exact) mass is 247 g/mol. The molecule has 1 aromatic carbocycles. The van der Waals surface area contributed by atoms with Crippen molar-refractivity contribution in [3.05, 3.63) is 41.8 Å². The Morgan fingerprint density at radius 1 is 1.28 bits per heavy atom. The molecule has 0 saturated carbocycles. The molecule has 3 nitrogen and oxygen atoms in total. The van der Waals surface area contributed by atoms with Crippen LogP contribution in [-0.2, 0) is 6.54 Å². The van der Waals surface area contributed by atoms with Gasteiger partial charge in [0.05, 0.1) is 11.4 Å². The van der Waals surface area contributed by atoms with Gasteiger partial charge in [0.1, 0.15) is 5.82 Å². The maximum atomic E-state index is 13.0. The van der Waals surface area contributed by atoms with Gasteiger partial charge in [-0.25, -0.2) is 4.39 Å². The van der Waals surface area contributed by atoms with Gasteiger partial charge in [-0.05, 0) is 51.2 Å². The number of rotatable bonds is 4. The fraction of sp³-hybridized carbons (Fsp3) is 0.357. The Hall–Kier alpha value is -1.68. The van der Waals surface area contributed by atoms with Crippen LogP contribution in [-0.4, -0.2) is 16.8 Å². The molecule has 0 aliphatic carbocycles. The van der Waals surface area contributed by atoms with Crippen LogP contribution in [0.1, 0.15) is 25.6 Å². The number of hydrogen-bond acceptors (Lipinski definition) is 2. The van der Waals surface area contributed by atoms with Crippen LogP contribution in [0.3, 0.4) is 0 Å². The molecule has 1 aromatic heterocycles. The van der Waals surface area contributed by atoms with Crippen LogP contribution in [0.15, 0.2) is 30.3 Å². The maximum absolute atomic E-state index is 13.0. The third-order valence-corrected chi connectivity index (χ3v) is 2.77. The fourth-order valence-electron chi connectivity index (χ4n) is 1.94. The Kier molecular flexibility index (Phi) is 3.77. The molecule has 0 aliphatic heterocycles. The predicted molar refractivity (Wildman–Crippen MR) is 70.8 cm³/mol. The van der Waals surface area contributed by atoms with Crippen LogP contribution >= 0.6 is 0 Å². The van der Waals surface area contributed by atoms with Crippen LogP contribution in [0.5, 0.6) is 0 Å². The predicted octanol–water partition coefficient (Wildman–Crippen LogP) is 2.99. The first-order valence-electron chi connectivity index (χ1n) is 6.10. The smallest absolute Gasteiger partial charge is 0.123 e. The van der Waals surface area contributed by atoms with Crippen LogP contribution in [0.25, 0.3) is 11.3 Å². The standard InChI is InChI=1S/C14H18FN3/c1-10(2)18-14(8-13(17-18)9-16-3)11-4-6-12(15)7-5-11/h4-8,10,16H,9H2,1-3H3. The highest BCUT2D eigenvalue weighted by molar-refractivity contribution is 5.60. The molecule has 0 radical (unpaired) electrons. The minimum atomic E-state index is -0.218. The zero-order valence-electron chi connectivity index (χ0n) is 10.9. The summed E-state index contributed by atoms with van der Waals surface area (Å²) in [6.07, 6.45) is 0. The van der Waals surface area contributed by atoms with Crippen molar-refractivity contribution >= 4 is 0 Å². The zero-order valence-corrected chi connectivity index (χ0v) is 10.9. The first-order chi connectivity index (χ1) is 8.61. The topological polar surface area (TPSA) is 29.9 Å². The van der Waals surface area contributed by atoms with Crippen molar-refractivity contribution < 1.29 is 4.39 Å². The highest BCUT2D eigenvalue weighted by Crippen LogP contribution is 2.24. The summed E-state index contributed by atoms with van der Waals surface area (Å²) in [5.41, 5.74) is 3.00. The minimum absolute atomic E-state index is 0.218. The highest BCUT2D eigenvalue weighted by Gasteiger charge is 2.11. The second-order valence-electron chi connectivity index (χ2n) is 4.60. The number of aromatic nitrogens is 2. The van der Waals surface area contributed by atoms with Gasteiger partial charge >= 0.3 is 0 Å². The Morgan fingerprint density at radius 2 is 1.94 bits per heavy atom. The molecule has 2 rings (SSSR count). The van der Waals surface area contributed by atoms with Gasteiger partial charge < -0.3 is 5.32 Å². The number of hydrogen-bond donors (Lipinski definition) is 1. The molecule has 1 N–H and O–H groups in total. The van der Waals surface area contributed by atoms with Crippen molar-refractivity contribution in [1.82, 2.24) is 15.1 Å². The molecule has 1 heterocycles. The van der Waals surface area contributed by atoms with Crippen molar-refractivity contribution in [2.75, 3.05) is 7.05 Å². The van der Waals surface area contributed by atoms with Gasteiger partial charge in [-0.3, -0.25) is 4.68 Å². The van der Waals surface area contributed by atoms with E-state index < -0.39 is 0 Å². The third kappa shape index (κ3) is 2.59. The SMILES string of the molecule is CNCc1cc(-c2ccc(F)cc2)n(C(C)C)n1. The molecule has 0 spiro atoms. The van der Waals surface area contributed by atoms with Gasteiger partial charge in [0.15, 0.2) is 0 Å². The zero-order chi connectivity index (χ0) is 13.1. The molecular weight excluding hydrogens is 229 g/mol. The lowest BCUT2D eigenvalue weighted by atomic mass is 10.1. The van der Waals surface area contributed by atoms with E-state index in [9.17, 15) is 4.39 Å². The first kappa shape index (κ1) is 12.8. The van der Waals surface area contributed by atoms with Crippen molar-refractivity contribution in [2.45, 2.75) is 26.4 Å². The van der Waals surface area contributed by atoms with E-state index in [1.54, 1.807) is 12.1 Å². The first-order valence-corrected chi connectivity index (χ1v) is 6.10. The minimum Gasteiger partial charge on any atom is -0.314 e. The van der Waals surface area contributed by atoms with Crippen molar-refractivity contribution in [2.24, 2.45) is 0 Å². The van der Waals surface area contributed by atoms with Crippen LogP contribution in [0.2, 0.25) is 0 Å². The Bertz CT molecular complexity index is 514. The second-order valence-corrected chi connectivity index (χ2v) is 4.60. The molecule has 0 bridgehead atoms. The lowest BCUT2D eigenvalue weighted by Crippen LogP contribution is -2.08. The number of nitrogens with zero attached hydrogens (tertiary/aromatic N) is 2. The summed E-state index contributed by atoms with van der Waals surface area (Å²) in [6, 6.07) is 8.85. The highest BCUT2D eigenvalue weighted by atomic mass is 19.1. The van der Waals surface area contributed by atoms with Crippen molar-refractivity contribution in [3.8, 4) is 11.3 Å². The van der Waals surface area contributed by atoms with Gasteiger partial charge in [0.2, 0.25) is 0 Å². The third-order valence-electron chi connectivity index (χ3n) is 2.77. The maximum Gasteiger partial charge on any atom is 0.123 e. The number of benzene rings is 1. The van der Waals surface area contributed by atoms with Gasteiger partial charge in [0.25, 0.3) is 0 Å². The van der Waals surface area contributed by atoms with Crippen LogP contribution < -0.4 is 5.32 Å². The summed E-state index contributed by atoms with van der Waals surface area (Å²) >= 11 is 0. The largest absolute Gasteiger partial charge is 0.314 e. The molecule has 0 fully saturated rings. The Morgan fingerprint density at radius 3 is 2.50 bits per heavy atom. The summed E-state index contributed by atoms with van der Waals surface area (Å²) < 4.78 is 14.9. The van der Waals surface area contributed by atoms with E-state index >= 15 is 0 Å². The molecule has 0 unspecified atom stereocenters. The summed E-state index contributed by atoms with van der Waals surface area (Å²) in [5, 5.41) is 7.65. The number of halogens is 1. The van der Waals surface area contributed by atoms with E-state index in [0.29, 0.717) is 0 Å². The molecular formula is C14H18FN3. The van der Waals surface area contributed by atoms with Gasteiger partial charge in [-0.1, -0.05) is 0 Å². The fourth-order valence-corrected chi connectivity index (χ4v) is 1.94. The summed E-state index contributed by atoms with van der Waals surface area (Å²) in [4.78, 5) is 0. The normalized spacial score (nSPS) is 11.2. The molecule has 0 atom stereocenters. The molecule has 0 saturated heterocycles. The molecule has 0 aliphatic rings. The van der Waals surface area contributed by atoms with Crippen molar-refractivity contribution in [3.63, 3.8) is 0 Å². The molecule has 4 heteroatoms. The summed E-state index contributed by atoms with van der Waals surface area (Å²) in [7, 11) is 1.89. The lowest BCUT2D eigenvalue weighted by molar-refractivity contribution is 0.529. The van der Waals surface area contributed by atoms with Crippen LogP contribution in [0, 0.1) is 5.82 Å². The van der Waals surface area contributed by atoms with Crippen molar-refractivity contribution in [1.29, 1.82) is 0 Å². The molecule has 18 heavy (non-hydrogen) atoms. The number of nitrogens with one attached hydrogen (secondary N) is 1. The van der Waals surface area contributed by atoms with E-state index in [1.807, 2.05) is 17.8 Å². The summed E-state index contributed by atoms with van der Waals surface area (Å²) in [5.74, 6) is -0.218. The summed E-state index contributed by atoms with van der Waals surface area (Å²) in [6.45, 7) is 4.90. The second kappa shape index (κ2) is 5.31. The van der Waals surface area contributed by atoms with E-state index in [0.717, 1.165) is 23.5 Å². The molecule has 2 aromatic rings. The molecule has 0 amide bonds. The van der Waals surface area contributed by atoms with Gasteiger partial charge in [-0.15, -0.1) is 0 Å². The van der Waals surface area contributed by atoms with E-state index in [2.05, 4.69) is 24.3 Å². The lowest BCUT2D eigenvalue weighted by Gasteiger charge is -2.10. The quantitative estimate of drug-likeness (QED) is 0.900.